The van der Waals surface area contributed by atoms with E-state index in [4.69, 9.17) is 5.26 Å². The van der Waals surface area contributed by atoms with Crippen LogP contribution in [0.25, 0.3) is 0 Å². The molecule has 1 unspecified atom stereocenters. The van der Waals surface area contributed by atoms with E-state index >= 15 is 0 Å². The number of nitrogens with one attached hydrogen (secondary N) is 1. The fourth-order valence-electron chi connectivity index (χ4n) is 3.27. The van der Waals surface area contributed by atoms with Crippen LogP contribution >= 0.6 is 0 Å². The molecule has 1 aliphatic heterocycles. The summed E-state index contributed by atoms with van der Waals surface area (Å²) in [6, 6.07) is 8.46. The van der Waals surface area contributed by atoms with E-state index < -0.39 is 28.8 Å². The molecule has 2 N–H and O–H groups in total. The SMILES string of the molecule is CC(O)(CN1CCc2cc(F)ccc21)C(=O)Nc1ccc(C#N)c(C(F)(F)F)c1. The second-order valence-electron chi connectivity index (χ2n) is 7.04. The number of hydrogen-bond donors (Lipinski definition) is 2. The monoisotopic (exact) mass is 407 g/mol. The highest BCUT2D eigenvalue weighted by atomic mass is 19.4. The van der Waals surface area contributed by atoms with Crippen molar-refractivity contribution < 1.29 is 27.5 Å². The number of amides is 1. The maximum atomic E-state index is 13.3. The first-order valence-corrected chi connectivity index (χ1v) is 8.70. The summed E-state index contributed by atoms with van der Waals surface area (Å²) in [7, 11) is 0. The van der Waals surface area contributed by atoms with Crippen LogP contribution in [0.5, 0.6) is 0 Å². The van der Waals surface area contributed by atoms with Crippen LogP contribution in [0.4, 0.5) is 28.9 Å². The lowest BCUT2D eigenvalue weighted by molar-refractivity contribution is -0.138. The van der Waals surface area contributed by atoms with Gasteiger partial charge in [0.1, 0.15) is 5.82 Å². The zero-order valence-corrected chi connectivity index (χ0v) is 15.3. The molecular weight excluding hydrogens is 390 g/mol. The molecule has 0 fully saturated rings. The molecule has 1 atom stereocenters. The van der Waals surface area contributed by atoms with E-state index in [0.717, 1.165) is 17.7 Å². The molecule has 29 heavy (non-hydrogen) atoms. The molecule has 9 heteroatoms. The van der Waals surface area contributed by atoms with Crippen LogP contribution in [-0.4, -0.2) is 29.7 Å². The minimum atomic E-state index is -4.76. The van der Waals surface area contributed by atoms with Gasteiger partial charge < -0.3 is 15.3 Å². The number of aliphatic hydroxyl groups is 1. The summed E-state index contributed by atoms with van der Waals surface area (Å²) in [6.07, 6.45) is -4.21. The van der Waals surface area contributed by atoms with Gasteiger partial charge in [0.2, 0.25) is 0 Å². The molecule has 1 aliphatic rings. The number of anilines is 2. The van der Waals surface area contributed by atoms with E-state index in [2.05, 4.69) is 5.32 Å². The summed E-state index contributed by atoms with van der Waals surface area (Å²) < 4.78 is 52.6. The van der Waals surface area contributed by atoms with Gasteiger partial charge in [-0.15, -0.1) is 0 Å². The first-order chi connectivity index (χ1) is 13.5. The van der Waals surface area contributed by atoms with Gasteiger partial charge in [0.25, 0.3) is 5.91 Å². The average molecular weight is 407 g/mol. The van der Waals surface area contributed by atoms with Crippen LogP contribution in [0.15, 0.2) is 36.4 Å². The maximum absolute atomic E-state index is 13.3. The highest BCUT2D eigenvalue weighted by Gasteiger charge is 2.37. The van der Waals surface area contributed by atoms with Crippen molar-refractivity contribution in [2.75, 3.05) is 23.3 Å². The third-order valence-corrected chi connectivity index (χ3v) is 4.72. The first-order valence-electron chi connectivity index (χ1n) is 8.70. The molecule has 3 rings (SSSR count). The van der Waals surface area contributed by atoms with Crippen LogP contribution in [0.3, 0.4) is 0 Å². The van der Waals surface area contributed by atoms with E-state index in [-0.39, 0.29) is 18.0 Å². The van der Waals surface area contributed by atoms with Gasteiger partial charge in [-0.25, -0.2) is 4.39 Å². The van der Waals surface area contributed by atoms with Crippen LogP contribution in [0, 0.1) is 17.1 Å². The Kier molecular flexibility index (Phi) is 5.24. The van der Waals surface area contributed by atoms with Crippen molar-refractivity contribution in [3.8, 4) is 6.07 Å². The minimum absolute atomic E-state index is 0.125. The number of nitrogens with zero attached hydrogens (tertiary/aromatic N) is 2. The number of nitriles is 1. The Morgan fingerprint density at radius 1 is 1.28 bits per heavy atom. The number of benzene rings is 2. The van der Waals surface area contributed by atoms with Gasteiger partial charge in [0, 0.05) is 17.9 Å². The Morgan fingerprint density at radius 3 is 2.66 bits per heavy atom. The van der Waals surface area contributed by atoms with E-state index in [1.807, 2.05) is 0 Å². The summed E-state index contributed by atoms with van der Waals surface area (Å²) in [4.78, 5) is 14.2. The first kappa shape index (κ1) is 20.6. The number of rotatable bonds is 4. The lowest BCUT2D eigenvalue weighted by atomic mass is 10.0. The van der Waals surface area contributed by atoms with Gasteiger partial charge in [-0.3, -0.25) is 4.79 Å². The van der Waals surface area contributed by atoms with Gasteiger partial charge >= 0.3 is 6.18 Å². The van der Waals surface area contributed by atoms with Crippen LogP contribution < -0.4 is 10.2 Å². The van der Waals surface area contributed by atoms with Gasteiger partial charge in [-0.05, 0) is 55.3 Å². The molecule has 0 aromatic heterocycles. The lowest BCUT2D eigenvalue weighted by Gasteiger charge is -2.29. The number of carbonyl (C=O) groups excluding carboxylic acids is 1. The average Bonchev–Trinajstić information content (AvgIpc) is 3.02. The highest BCUT2D eigenvalue weighted by Crippen LogP contribution is 2.34. The van der Waals surface area contributed by atoms with Gasteiger partial charge in [-0.1, -0.05) is 0 Å². The molecule has 2 aromatic carbocycles. The molecule has 1 amide bonds. The maximum Gasteiger partial charge on any atom is 0.417 e. The number of alkyl halides is 3. The second-order valence-corrected chi connectivity index (χ2v) is 7.04. The van der Waals surface area contributed by atoms with Crippen molar-refractivity contribution in [2.45, 2.75) is 25.1 Å². The summed E-state index contributed by atoms with van der Waals surface area (Å²) in [5.41, 5.74) is -2.41. The normalized spacial score (nSPS) is 15.4. The van der Waals surface area contributed by atoms with Crippen molar-refractivity contribution >= 4 is 17.3 Å². The van der Waals surface area contributed by atoms with Crippen LogP contribution in [-0.2, 0) is 17.4 Å². The zero-order chi connectivity index (χ0) is 21.4. The topological polar surface area (TPSA) is 76.4 Å². The molecule has 1 heterocycles. The van der Waals surface area contributed by atoms with Gasteiger partial charge in [-0.2, -0.15) is 18.4 Å². The summed E-state index contributed by atoms with van der Waals surface area (Å²) in [5.74, 6) is -1.28. The summed E-state index contributed by atoms with van der Waals surface area (Å²) >= 11 is 0. The standard InChI is InChI=1S/C20H17F4N3O2/c1-19(29,11-27-7-6-12-8-14(21)3-5-17(12)27)18(28)26-15-4-2-13(10-25)16(9-15)20(22,23)24/h2-5,8-9,29H,6-7,11H2,1H3,(H,26,28). The number of carbonyl (C=O) groups is 1. The van der Waals surface area contributed by atoms with Gasteiger partial charge in [0.15, 0.2) is 5.60 Å². The fraction of sp³-hybridized carbons (Fsp3) is 0.300. The third kappa shape index (κ3) is 4.32. The van der Waals surface area contributed by atoms with Gasteiger partial charge in [0.05, 0.1) is 23.7 Å². The molecule has 0 saturated heterocycles. The largest absolute Gasteiger partial charge is 0.417 e. The van der Waals surface area contributed by atoms with E-state index in [0.29, 0.717) is 24.7 Å². The number of hydrogen-bond acceptors (Lipinski definition) is 4. The third-order valence-electron chi connectivity index (χ3n) is 4.72. The van der Waals surface area contributed by atoms with Crippen molar-refractivity contribution in [2.24, 2.45) is 0 Å². The molecular formula is C20H17F4N3O2. The van der Waals surface area contributed by atoms with Crippen LogP contribution in [0.1, 0.15) is 23.6 Å². The summed E-state index contributed by atoms with van der Waals surface area (Å²) in [5, 5.41) is 21.7. The Morgan fingerprint density at radius 2 is 2.00 bits per heavy atom. The predicted molar refractivity (Wildman–Crippen MR) is 97.7 cm³/mol. The van der Waals surface area contributed by atoms with Crippen molar-refractivity contribution in [1.29, 1.82) is 5.26 Å². The summed E-state index contributed by atoms with van der Waals surface area (Å²) in [6.45, 7) is 1.59. The van der Waals surface area contributed by atoms with E-state index in [1.54, 1.807) is 11.0 Å². The zero-order valence-electron chi connectivity index (χ0n) is 15.3. The molecule has 0 saturated carbocycles. The lowest BCUT2D eigenvalue weighted by Crippen LogP contribution is -2.49. The Hall–Kier alpha value is -3.12. The van der Waals surface area contributed by atoms with E-state index in [9.17, 15) is 27.5 Å². The Balaban J connectivity index is 1.76. The molecule has 2 aromatic rings. The van der Waals surface area contributed by atoms with Crippen molar-refractivity contribution in [3.05, 3.63) is 58.9 Å². The Labute approximate surface area is 164 Å². The molecule has 152 valence electrons. The number of fused-ring (bicyclic) bond motifs is 1. The number of β-amino-alcohol motifs (C(OH)–C–C–N with tert-alkyl or cyclic N) is 1. The predicted octanol–water partition coefficient (Wildman–Crippen LogP) is 3.47. The molecule has 0 aliphatic carbocycles. The Bertz CT molecular complexity index is 996. The van der Waals surface area contributed by atoms with Crippen molar-refractivity contribution in [1.82, 2.24) is 0 Å². The quantitative estimate of drug-likeness (QED) is 0.761. The number of halogens is 4. The smallest absolute Gasteiger partial charge is 0.378 e. The molecule has 5 nitrogen and oxygen atoms in total. The highest BCUT2D eigenvalue weighted by molar-refractivity contribution is 5.97. The molecule has 0 radical (unpaired) electrons. The van der Waals surface area contributed by atoms with Crippen molar-refractivity contribution in [3.63, 3.8) is 0 Å². The molecule has 0 spiro atoms. The second kappa shape index (κ2) is 7.37. The fourth-order valence-corrected chi connectivity index (χ4v) is 3.27. The van der Waals surface area contributed by atoms with Crippen LogP contribution in [0.2, 0.25) is 0 Å². The molecule has 0 bridgehead atoms. The van der Waals surface area contributed by atoms with E-state index in [1.165, 1.54) is 25.1 Å². The minimum Gasteiger partial charge on any atom is -0.378 e.